The number of oxazole rings is 1. The topological polar surface area (TPSA) is 55.1 Å². The van der Waals surface area contributed by atoms with Gasteiger partial charge in [0.15, 0.2) is 11.7 Å². The Kier molecular flexibility index (Phi) is 5.06. The Morgan fingerprint density at radius 2 is 1.96 bits per heavy atom. The minimum atomic E-state index is -0.00373. The van der Waals surface area contributed by atoms with Crippen molar-refractivity contribution in [3.05, 3.63) is 77.8 Å². The van der Waals surface area contributed by atoms with E-state index in [1.807, 2.05) is 55.5 Å². The fourth-order valence-corrected chi connectivity index (χ4v) is 2.49. The number of aryl methyl sites for hydroxylation is 2. The minimum Gasteiger partial charge on any atom is -0.441 e. The fraction of sp³-hybridized carbons (Fsp3) is 0.200. The third-order valence-corrected chi connectivity index (χ3v) is 3.75. The van der Waals surface area contributed by atoms with E-state index in [0.29, 0.717) is 25.3 Å². The van der Waals surface area contributed by atoms with Crippen LogP contribution in [0.4, 0.5) is 0 Å². The summed E-state index contributed by atoms with van der Waals surface area (Å²) in [5.41, 5.74) is 3.28. The molecule has 3 rings (SSSR count). The van der Waals surface area contributed by atoms with E-state index in [1.54, 1.807) is 6.20 Å². The molecule has 1 aromatic heterocycles. The summed E-state index contributed by atoms with van der Waals surface area (Å²) in [6, 6.07) is 17.9. The number of hydrogen-bond acceptors (Lipinski definition) is 3. The molecule has 122 valence electrons. The quantitative estimate of drug-likeness (QED) is 0.749. The first-order valence-electron chi connectivity index (χ1n) is 8.03. The van der Waals surface area contributed by atoms with Crippen LogP contribution in [0.25, 0.3) is 11.3 Å². The average molecular weight is 320 g/mol. The fourth-order valence-electron chi connectivity index (χ4n) is 2.49. The molecule has 0 aliphatic heterocycles. The minimum absolute atomic E-state index is 0.00373. The third kappa shape index (κ3) is 4.32. The van der Waals surface area contributed by atoms with Gasteiger partial charge in [0, 0.05) is 24.9 Å². The first-order chi connectivity index (χ1) is 11.7. The SMILES string of the molecule is Cc1cccc(CNC(=O)CCc2ncc(-c3ccccc3)o2)c1. The van der Waals surface area contributed by atoms with Crippen molar-refractivity contribution in [1.82, 2.24) is 10.3 Å². The maximum absolute atomic E-state index is 12.0. The zero-order valence-electron chi connectivity index (χ0n) is 13.7. The molecule has 4 heteroatoms. The van der Waals surface area contributed by atoms with Gasteiger partial charge in [-0.25, -0.2) is 4.98 Å². The molecule has 0 fully saturated rings. The molecule has 0 aliphatic carbocycles. The molecule has 24 heavy (non-hydrogen) atoms. The molecule has 0 atom stereocenters. The number of carbonyl (C=O) groups is 1. The summed E-state index contributed by atoms with van der Waals surface area (Å²) in [6.45, 7) is 2.58. The van der Waals surface area contributed by atoms with Gasteiger partial charge in [-0.15, -0.1) is 0 Å². The van der Waals surface area contributed by atoms with Crippen LogP contribution in [0.5, 0.6) is 0 Å². The van der Waals surface area contributed by atoms with Crippen molar-refractivity contribution in [2.45, 2.75) is 26.3 Å². The van der Waals surface area contributed by atoms with Gasteiger partial charge >= 0.3 is 0 Å². The van der Waals surface area contributed by atoms with Crippen molar-refractivity contribution in [2.75, 3.05) is 0 Å². The number of rotatable bonds is 6. The molecule has 1 heterocycles. The van der Waals surface area contributed by atoms with Crippen LogP contribution in [-0.4, -0.2) is 10.9 Å². The van der Waals surface area contributed by atoms with Crippen LogP contribution in [0.15, 0.2) is 65.2 Å². The van der Waals surface area contributed by atoms with Crippen molar-refractivity contribution >= 4 is 5.91 Å². The monoisotopic (exact) mass is 320 g/mol. The molecule has 0 bridgehead atoms. The second-order valence-corrected chi connectivity index (χ2v) is 5.75. The summed E-state index contributed by atoms with van der Waals surface area (Å²) >= 11 is 0. The lowest BCUT2D eigenvalue weighted by Gasteiger charge is -2.05. The molecule has 1 amide bonds. The van der Waals surface area contributed by atoms with Gasteiger partial charge in [0.1, 0.15) is 0 Å². The first kappa shape index (κ1) is 16.0. The molecule has 3 aromatic rings. The number of aromatic nitrogens is 1. The van der Waals surface area contributed by atoms with Gasteiger partial charge in [-0.1, -0.05) is 60.2 Å². The number of amides is 1. The van der Waals surface area contributed by atoms with Crippen LogP contribution >= 0.6 is 0 Å². The first-order valence-corrected chi connectivity index (χ1v) is 8.03. The lowest BCUT2D eigenvalue weighted by Crippen LogP contribution is -2.23. The summed E-state index contributed by atoms with van der Waals surface area (Å²) < 4.78 is 5.71. The largest absolute Gasteiger partial charge is 0.441 e. The number of hydrogen-bond donors (Lipinski definition) is 1. The molecule has 0 aliphatic rings. The molecule has 0 saturated carbocycles. The Bertz CT molecular complexity index is 809. The van der Waals surface area contributed by atoms with Crippen LogP contribution in [0, 0.1) is 6.92 Å². The van der Waals surface area contributed by atoms with E-state index in [9.17, 15) is 4.79 Å². The van der Waals surface area contributed by atoms with Gasteiger partial charge < -0.3 is 9.73 Å². The van der Waals surface area contributed by atoms with E-state index in [2.05, 4.69) is 16.4 Å². The molecular formula is C20H20N2O2. The average Bonchev–Trinajstić information content (AvgIpc) is 3.08. The lowest BCUT2D eigenvalue weighted by atomic mass is 10.1. The molecule has 2 aromatic carbocycles. The summed E-state index contributed by atoms with van der Waals surface area (Å²) in [5.74, 6) is 1.31. The highest BCUT2D eigenvalue weighted by Gasteiger charge is 2.08. The molecule has 4 nitrogen and oxygen atoms in total. The van der Waals surface area contributed by atoms with Crippen molar-refractivity contribution in [2.24, 2.45) is 0 Å². The summed E-state index contributed by atoms with van der Waals surface area (Å²) in [7, 11) is 0. The Balaban J connectivity index is 1.49. The van der Waals surface area contributed by atoms with Gasteiger partial charge in [-0.05, 0) is 12.5 Å². The third-order valence-electron chi connectivity index (χ3n) is 3.75. The molecule has 0 radical (unpaired) electrons. The van der Waals surface area contributed by atoms with Gasteiger partial charge in [-0.3, -0.25) is 4.79 Å². The van der Waals surface area contributed by atoms with E-state index in [4.69, 9.17) is 4.42 Å². The van der Waals surface area contributed by atoms with Gasteiger partial charge in [0.25, 0.3) is 0 Å². The lowest BCUT2D eigenvalue weighted by molar-refractivity contribution is -0.121. The Morgan fingerprint density at radius 1 is 1.12 bits per heavy atom. The zero-order chi connectivity index (χ0) is 16.8. The van der Waals surface area contributed by atoms with Crippen LogP contribution in [-0.2, 0) is 17.8 Å². The highest BCUT2D eigenvalue weighted by atomic mass is 16.4. The van der Waals surface area contributed by atoms with Crippen LogP contribution < -0.4 is 5.32 Å². The second kappa shape index (κ2) is 7.59. The summed E-state index contributed by atoms with van der Waals surface area (Å²) in [5, 5.41) is 2.93. The maximum atomic E-state index is 12.0. The van der Waals surface area contributed by atoms with Gasteiger partial charge in [0.2, 0.25) is 5.91 Å². The Hall–Kier alpha value is -2.88. The van der Waals surface area contributed by atoms with Crippen LogP contribution in [0.2, 0.25) is 0 Å². The number of benzene rings is 2. The molecule has 0 spiro atoms. The standard InChI is InChI=1S/C20H20N2O2/c1-15-6-5-7-16(12-15)13-21-19(23)10-11-20-22-14-18(24-20)17-8-3-2-4-9-17/h2-9,12,14H,10-11,13H2,1H3,(H,21,23). The van der Waals surface area contributed by atoms with Gasteiger partial charge in [0.05, 0.1) is 6.20 Å². The number of nitrogens with one attached hydrogen (secondary N) is 1. The second-order valence-electron chi connectivity index (χ2n) is 5.75. The molecule has 0 unspecified atom stereocenters. The van der Waals surface area contributed by atoms with Gasteiger partial charge in [-0.2, -0.15) is 0 Å². The highest BCUT2D eigenvalue weighted by molar-refractivity contribution is 5.76. The van der Waals surface area contributed by atoms with Crippen molar-refractivity contribution in [1.29, 1.82) is 0 Å². The van der Waals surface area contributed by atoms with E-state index in [0.717, 1.165) is 16.9 Å². The smallest absolute Gasteiger partial charge is 0.220 e. The van der Waals surface area contributed by atoms with Crippen molar-refractivity contribution in [3.8, 4) is 11.3 Å². The van der Waals surface area contributed by atoms with E-state index < -0.39 is 0 Å². The van der Waals surface area contributed by atoms with Crippen molar-refractivity contribution in [3.63, 3.8) is 0 Å². The number of carbonyl (C=O) groups excluding carboxylic acids is 1. The zero-order valence-corrected chi connectivity index (χ0v) is 13.7. The van der Waals surface area contributed by atoms with E-state index in [-0.39, 0.29) is 5.91 Å². The normalized spacial score (nSPS) is 10.5. The molecule has 1 N–H and O–H groups in total. The van der Waals surface area contributed by atoms with Crippen molar-refractivity contribution < 1.29 is 9.21 Å². The Morgan fingerprint density at radius 3 is 2.75 bits per heavy atom. The number of nitrogens with zero attached hydrogens (tertiary/aromatic N) is 1. The summed E-state index contributed by atoms with van der Waals surface area (Å²) in [6.07, 6.45) is 2.56. The van der Waals surface area contributed by atoms with Crippen LogP contribution in [0.1, 0.15) is 23.4 Å². The molecular weight excluding hydrogens is 300 g/mol. The predicted octanol–water partition coefficient (Wildman–Crippen LogP) is 3.90. The van der Waals surface area contributed by atoms with E-state index >= 15 is 0 Å². The Labute approximate surface area is 141 Å². The molecule has 0 saturated heterocycles. The predicted molar refractivity (Wildman–Crippen MR) is 93.3 cm³/mol. The van der Waals surface area contributed by atoms with E-state index in [1.165, 1.54) is 5.56 Å². The highest BCUT2D eigenvalue weighted by Crippen LogP contribution is 2.20. The van der Waals surface area contributed by atoms with Crippen LogP contribution in [0.3, 0.4) is 0 Å². The summed E-state index contributed by atoms with van der Waals surface area (Å²) in [4.78, 5) is 16.2. The maximum Gasteiger partial charge on any atom is 0.220 e.